The minimum absolute atomic E-state index is 0.0616. The monoisotopic (exact) mass is 330 g/mol. The van der Waals surface area contributed by atoms with Gasteiger partial charge >= 0.3 is 6.09 Å². The van der Waals surface area contributed by atoms with Crippen LogP contribution in [0.25, 0.3) is 0 Å². The van der Waals surface area contributed by atoms with Crippen molar-refractivity contribution in [3.05, 3.63) is 29.8 Å². The first-order valence-corrected chi connectivity index (χ1v) is 9.00. The van der Waals surface area contributed by atoms with Crippen LogP contribution in [0.1, 0.15) is 49.4 Å². The number of nitrogens with one attached hydrogen (secondary N) is 1. The molecule has 0 spiro atoms. The van der Waals surface area contributed by atoms with Gasteiger partial charge in [-0.2, -0.15) is 0 Å². The lowest BCUT2D eigenvalue weighted by atomic mass is 9.75. The summed E-state index contributed by atoms with van der Waals surface area (Å²) in [6.07, 6.45) is 5.84. The molecule has 1 saturated heterocycles. The lowest BCUT2D eigenvalue weighted by molar-refractivity contribution is 0.0521. The number of amides is 2. The molecule has 1 saturated carbocycles. The summed E-state index contributed by atoms with van der Waals surface area (Å²) in [5, 5.41) is 2.65. The maximum atomic E-state index is 12.8. The van der Waals surface area contributed by atoms with Crippen LogP contribution in [0.15, 0.2) is 24.3 Å². The summed E-state index contributed by atoms with van der Waals surface area (Å²) in [5.41, 5.74) is 1.21. The Morgan fingerprint density at radius 3 is 2.79 bits per heavy atom. The third kappa shape index (κ3) is 3.89. The molecule has 2 atom stereocenters. The molecule has 1 aromatic carbocycles. The molecular weight excluding hydrogens is 304 g/mol. The normalized spacial score (nSPS) is 23.3. The average molecular weight is 330 g/mol. The molecule has 5 heteroatoms. The standard InChI is InChI=1S/C19H26N2O3/c1-2-24-19(23)20-17-9-5-8-15(12-17)18(22)21-11-10-14-6-3-4-7-16(14)13-21/h5,8-9,12,14,16H,2-4,6-7,10-11,13H2,1H3,(H,20,23)/t14-,16+/m0/s1. The first-order valence-electron chi connectivity index (χ1n) is 9.00. The van der Waals surface area contributed by atoms with Crippen molar-refractivity contribution < 1.29 is 14.3 Å². The second-order valence-corrected chi connectivity index (χ2v) is 6.77. The van der Waals surface area contributed by atoms with Crippen molar-refractivity contribution in [3.63, 3.8) is 0 Å². The Morgan fingerprint density at radius 2 is 2.00 bits per heavy atom. The van der Waals surface area contributed by atoms with E-state index in [2.05, 4.69) is 5.32 Å². The Hall–Kier alpha value is -2.04. The molecule has 5 nitrogen and oxygen atoms in total. The Morgan fingerprint density at radius 1 is 1.21 bits per heavy atom. The number of likely N-dealkylation sites (tertiary alicyclic amines) is 1. The topological polar surface area (TPSA) is 58.6 Å². The van der Waals surface area contributed by atoms with Gasteiger partial charge in [0.2, 0.25) is 0 Å². The molecule has 1 aromatic rings. The van der Waals surface area contributed by atoms with E-state index in [0.29, 0.717) is 23.8 Å². The van der Waals surface area contributed by atoms with Crippen LogP contribution in [0.5, 0.6) is 0 Å². The molecule has 0 radical (unpaired) electrons. The fourth-order valence-electron chi connectivity index (χ4n) is 3.98. The minimum Gasteiger partial charge on any atom is -0.450 e. The van der Waals surface area contributed by atoms with Gasteiger partial charge in [0.15, 0.2) is 0 Å². The lowest BCUT2D eigenvalue weighted by Crippen LogP contribution is -2.44. The van der Waals surface area contributed by atoms with Crippen molar-refractivity contribution in [1.29, 1.82) is 0 Å². The zero-order valence-corrected chi connectivity index (χ0v) is 14.3. The van der Waals surface area contributed by atoms with E-state index >= 15 is 0 Å². The fraction of sp³-hybridized carbons (Fsp3) is 0.579. The van der Waals surface area contributed by atoms with E-state index in [1.54, 1.807) is 25.1 Å². The first kappa shape index (κ1) is 16.8. The number of benzene rings is 1. The van der Waals surface area contributed by atoms with Gasteiger partial charge in [0.1, 0.15) is 0 Å². The molecule has 2 amide bonds. The molecule has 0 bridgehead atoms. The molecule has 130 valence electrons. The van der Waals surface area contributed by atoms with Crippen molar-refractivity contribution in [2.24, 2.45) is 11.8 Å². The number of nitrogens with zero attached hydrogens (tertiary/aromatic N) is 1. The van der Waals surface area contributed by atoms with Gasteiger partial charge in [-0.25, -0.2) is 4.79 Å². The highest BCUT2D eigenvalue weighted by molar-refractivity contribution is 5.96. The molecular formula is C19H26N2O3. The van der Waals surface area contributed by atoms with E-state index in [-0.39, 0.29) is 5.91 Å². The van der Waals surface area contributed by atoms with Gasteiger partial charge in [-0.15, -0.1) is 0 Å². The average Bonchev–Trinajstić information content (AvgIpc) is 2.61. The summed E-state index contributed by atoms with van der Waals surface area (Å²) in [5.74, 6) is 1.53. The van der Waals surface area contributed by atoms with Crippen LogP contribution in [-0.4, -0.2) is 36.6 Å². The molecule has 3 rings (SSSR count). The Kier molecular flexibility index (Phi) is 5.38. The van der Waals surface area contributed by atoms with Crippen LogP contribution in [0, 0.1) is 11.8 Å². The largest absolute Gasteiger partial charge is 0.450 e. The number of anilines is 1. The lowest BCUT2D eigenvalue weighted by Gasteiger charge is -2.41. The van der Waals surface area contributed by atoms with E-state index in [9.17, 15) is 9.59 Å². The molecule has 1 heterocycles. The zero-order chi connectivity index (χ0) is 16.9. The van der Waals surface area contributed by atoms with Crippen LogP contribution in [0.4, 0.5) is 10.5 Å². The van der Waals surface area contributed by atoms with E-state index < -0.39 is 6.09 Å². The van der Waals surface area contributed by atoms with E-state index in [0.717, 1.165) is 25.4 Å². The van der Waals surface area contributed by atoms with Crippen LogP contribution < -0.4 is 5.32 Å². The van der Waals surface area contributed by atoms with Gasteiger partial charge in [-0.1, -0.05) is 25.3 Å². The summed E-state index contributed by atoms with van der Waals surface area (Å²) in [4.78, 5) is 26.3. The Balaban J connectivity index is 1.65. The molecule has 1 N–H and O–H groups in total. The van der Waals surface area contributed by atoms with Crippen molar-refractivity contribution in [1.82, 2.24) is 4.90 Å². The van der Waals surface area contributed by atoms with Crippen LogP contribution in [0.3, 0.4) is 0 Å². The van der Waals surface area contributed by atoms with Gasteiger partial charge in [-0.05, 0) is 49.8 Å². The minimum atomic E-state index is -0.495. The fourth-order valence-corrected chi connectivity index (χ4v) is 3.98. The molecule has 24 heavy (non-hydrogen) atoms. The number of hydrogen-bond donors (Lipinski definition) is 1. The third-order valence-corrected chi connectivity index (χ3v) is 5.21. The molecule has 2 aliphatic rings. The molecule has 0 unspecified atom stereocenters. The smallest absolute Gasteiger partial charge is 0.411 e. The summed E-state index contributed by atoms with van der Waals surface area (Å²) in [6, 6.07) is 7.10. The Labute approximate surface area is 143 Å². The highest BCUT2D eigenvalue weighted by Crippen LogP contribution is 2.36. The SMILES string of the molecule is CCOC(=O)Nc1cccc(C(=O)N2CC[C@@H]3CCCC[C@@H]3C2)c1. The van der Waals surface area contributed by atoms with Gasteiger partial charge in [0.05, 0.1) is 6.61 Å². The summed E-state index contributed by atoms with van der Waals surface area (Å²) in [6.45, 7) is 3.80. The van der Waals surface area contributed by atoms with E-state index in [4.69, 9.17) is 4.74 Å². The van der Waals surface area contributed by atoms with Crippen molar-refractivity contribution in [2.45, 2.75) is 39.0 Å². The number of rotatable bonds is 3. The zero-order valence-electron chi connectivity index (χ0n) is 14.3. The van der Waals surface area contributed by atoms with Gasteiger partial charge < -0.3 is 9.64 Å². The predicted octanol–water partition coefficient (Wildman–Crippen LogP) is 3.91. The number of hydrogen-bond acceptors (Lipinski definition) is 3. The van der Waals surface area contributed by atoms with Gasteiger partial charge in [0, 0.05) is 24.3 Å². The maximum Gasteiger partial charge on any atom is 0.411 e. The van der Waals surface area contributed by atoms with Gasteiger partial charge in [0.25, 0.3) is 5.91 Å². The second-order valence-electron chi connectivity index (χ2n) is 6.77. The highest BCUT2D eigenvalue weighted by Gasteiger charge is 2.33. The molecule has 2 fully saturated rings. The van der Waals surface area contributed by atoms with Crippen molar-refractivity contribution in [2.75, 3.05) is 25.0 Å². The Bertz CT molecular complexity index is 602. The van der Waals surface area contributed by atoms with Crippen molar-refractivity contribution >= 4 is 17.7 Å². The van der Waals surface area contributed by atoms with Gasteiger partial charge in [-0.3, -0.25) is 10.1 Å². The van der Waals surface area contributed by atoms with Crippen molar-refractivity contribution in [3.8, 4) is 0 Å². The second kappa shape index (κ2) is 7.69. The predicted molar refractivity (Wildman–Crippen MR) is 93.1 cm³/mol. The van der Waals surface area contributed by atoms with E-state index in [1.165, 1.54) is 25.7 Å². The number of carbonyl (C=O) groups excluding carboxylic acids is 2. The number of fused-ring (bicyclic) bond motifs is 1. The number of carbonyl (C=O) groups is 2. The summed E-state index contributed by atoms with van der Waals surface area (Å²) >= 11 is 0. The molecule has 0 aromatic heterocycles. The van der Waals surface area contributed by atoms with Crippen LogP contribution in [-0.2, 0) is 4.74 Å². The summed E-state index contributed by atoms with van der Waals surface area (Å²) < 4.78 is 4.88. The first-order chi connectivity index (χ1) is 11.7. The quantitative estimate of drug-likeness (QED) is 0.914. The maximum absolute atomic E-state index is 12.8. The van der Waals surface area contributed by atoms with Crippen LogP contribution >= 0.6 is 0 Å². The van der Waals surface area contributed by atoms with Crippen LogP contribution in [0.2, 0.25) is 0 Å². The molecule has 1 aliphatic heterocycles. The third-order valence-electron chi connectivity index (χ3n) is 5.21. The van der Waals surface area contributed by atoms with E-state index in [1.807, 2.05) is 11.0 Å². The molecule has 1 aliphatic carbocycles. The summed E-state index contributed by atoms with van der Waals surface area (Å²) in [7, 11) is 0. The number of piperidine rings is 1. The number of ether oxygens (including phenoxy) is 1. The highest BCUT2D eigenvalue weighted by atomic mass is 16.5.